The second kappa shape index (κ2) is 12.8. The zero-order valence-electron chi connectivity index (χ0n) is 37.7. The van der Waals surface area contributed by atoms with Crippen LogP contribution in [0.4, 0.5) is 11.4 Å². The SMILES string of the molecule is CC(C)(C)c1ccc(Nc2cc3sc4ccc(C(C)(C)C)cc4c3cc2-c2ccc3c4c5c(ccc4n4c3c2Bc2cc3c(cc2-4)oc2ccccc23)C(C)(C)c2ccccc2-5)cc1. The van der Waals surface area contributed by atoms with E-state index in [0.29, 0.717) is 0 Å². The fourth-order valence-corrected chi connectivity index (χ4v) is 12.4. The van der Waals surface area contributed by atoms with Crippen LogP contribution in [0.25, 0.3) is 91.9 Å². The fourth-order valence-electron chi connectivity index (χ4n) is 11.3. The van der Waals surface area contributed by atoms with E-state index in [0.717, 1.165) is 35.2 Å². The normalized spacial score (nSPS) is 14.2. The van der Waals surface area contributed by atoms with Gasteiger partial charge in [0, 0.05) is 81.3 Å². The lowest BCUT2D eigenvalue weighted by Crippen LogP contribution is -2.37. The number of para-hydroxylation sites is 1. The van der Waals surface area contributed by atoms with E-state index in [-0.39, 0.29) is 16.2 Å². The molecule has 8 aromatic carbocycles. The van der Waals surface area contributed by atoms with Gasteiger partial charge in [0.05, 0.1) is 5.52 Å². The molecule has 1 N–H and O–H groups in total. The molecular formula is C59H49BN2OS. The maximum Gasteiger partial charge on any atom is 0.198 e. The van der Waals surface area contributed by atoms with E-state index in [1.807, 2.05) is 11.3 Å². The Kier molecular flexibility index (Phi) is 7.59. The third-order valence-corrected chi connectivity index (χ3v) is 15.9. The second-order valence-electron chi connectivity index (χ2n) is 21.0. The summed E-state index contributed by atoms with van der Waals surface area (Å²) in [6.45, 7) is 18.5. The standard InChI is InChI=1S/C59H49BN2OS/c1-57(2,3)32-17-20-34(21-18-32)61-46-30-52-42(41-27-33(58(4,5)6)19-26-51(41)64-52)28-39(46)36-22-23-38-54-47(25-24-44-53(54)37-14-9-11-15-43(37)59(44,7)8)62-48-31-50-40(29-45(48)60-55(36)56(38)62)35-13-10-12-16-49(35)63-50/h9-31,60-61H,1-8H3. The third-order valence-electron chi connectivity index (χ3n) is 14.7. The minimum atomic E-state index is -0.104. The van der Waals surface area contributed by atoms with Gasteiger partial charge in [-0.1, -0.05) is 146 Å². The Morgan fingerprint density at radius 1 is 0.578 bits per heavy atom. The van der Waals surface area contributed by atoms with E-state index in [1.54, 1.807) is 0 Å². The summed E-state index contributed by atoms with van der Waals surface area (Å²) in [6, 6.07) is 53.0. The Labute approximate surface area is 378 Å². The highest BCUT2D eigenvalue weighted by molar-refractivity contribution is 7.25. The number of nitrogens with zero attached hydrogens (tertiary/aromatic N) is 1. The van der Waals surface area contributed by atoms with Crippen LogP contribution in [0, 0.1) is 0 Å². The Balaban J connectivity index is 1.13. The zero-order valence-corrected chi connectivity index (χ0v) is 38.6. The molecule has 0 saturated carbocycles. The molecule has 0 spiro atoms. The number of aromatic nitrogens is 1. The number of benzene rings is 8. The Hall–Kier alpha value is -6.56. The van der Waals surface area contributed by atoms with Gasteiger partial charge in [0.1, 0.15) is 11.2 Å². The maximum atomic E-state index is 6.61. The first-order valence-corrected chi connectivity index (χ1v) is 23.6. The van der Waals surface area contributed by atoms with Crippen molar-refractivity contribution in [1.29, 1.82) is 0 Å². The average molecular weight is 845 g/mol. The quantitative estimate of drug-likeness (QED) is 0.180. The molecule has 310 valence electrons. The van der Waals surface area contributed by atoms with E-state index in [9.17, 15) is 0 Å². The molecule has 64 heavy (non-hydrogen) atoms. The average Bonchev–Trinajstić information content (AvgIpc) is 3.99. The molecule has 11 aromatic rings. The maximum absolute atomic E-state index is 6.61. The van der Waals surface area contributed by atoms with Gasteiger partial charge in [0.2, 0.25) is 0 Å². The van der Waals surface area contributed by atoms with Crippen molar-refractivity contribution in [2.24, 2.45) is 0 Å². The first-order valence-electron chi connectivity index (χ1n) is 22.8. The number of anilines is 2. The lowest BCUT2D eigenvalue weighted by Gasteiger charge is -2.24. The minimum Gasteiger partial charge on any atom is -0.456 e. The number of fused-ring (bicyclic) bond motifs is 15. The number of furan rings is 1. The summed E-state index contributed by atoms with van der Waals surface area (Å²) in [7, 11) is 0.800. The molecule has 2 aliphatic rings. The van der Waals surface area contributed by atoms with Crippen molar-refractivity contribution in [3.63, 3.8) is 0 Å². The van der Waals surface area contributed by atoms with Crippen molar-refractivity contribution in [1.82, 2.24) is 4.57 Å². The molecule has 0 unspecified atom stereocenters. The molecular weight excluding hydrogens is 796 g/mol. The minimum absolute atomic E-state index is 0.0453. The van der Waals surface area contributed by atoms with E-state index in [4.69, 9.17) is 4.42 Å². The van der Waals surface area contributed by atoms with Gasteiger partial charge in [-0.2, -0.15) is 0 Å². The van der Waals surface area contributed by atoms with Gasteiger partial charge in [-0.25, -0.2) is 0 Å². The highest BCUT2D eigenvalue weighted by Crippen LogP contribution is 2.54. The van der Waals surface area contributed by atoms with Crippen LogP contribution >= 0.6 is 11.3 Å². The van der Waals surface area contributed by atoms with Crippen LogP contribution in [0.3, 0.4) is 0 Å². The van der Waals surface area contributed by atoms with Gasteiger partial charge in [0.15, 0.2) is 7.28 Å². The van der Waals surface area contributed by atoms with Crippen molar-refractivity contribution in [3.8, 4) is 27.9 Å². The molecule has 5 heteroatoms. The molecule has 0 fully saturated rings. The Bertz CT molecular complexity index is 3830. The molecule has 3 aromatic heterocycles. The highest BCUT2D eigenvalue weighted by atomic mass is 32.1. The molecule has 0 bridgehead atoms. The van der Waals surface area contributed by atoms with Gasteiger partial charge in [-0.15, -0.1) is 11.3 Å². The highest BCUT2D eigenvalue weighted by Gasteiger charge is 2.38. The topological polar surface area (TPSA) is 30.1 Å². The molecule has 3 nitrogen and oxygen atoms in total. The van der Waals surface area contributed by atoms with Gasteiger partial charge in [0.25, 0.3) is 0 Å². The number of thiophene rings is 1. The summed E-state index contributed by atoms with van der Waals surface area (Å²) in [5.41, 5.74) is 21.1. The Morgan fingerprint density at radius 3 is 2.14 bits per heavy atom. The van der Waals surface area contributed by atoms with Gasteiger partial charge >= 0.3 is 0 Å². The van der Waals surface area contributed by atoms with E-state index < -0.39 is 0 Å². The van der Waals surface area contributed by atoms with Crippen LogP contribution in [-0.2, 0) is 16.2 Å². The number of hydrogen-bond donors (Lipinski definition) is 1. The van der Waals surface area contributed by atoms with Gasteiger partial charge < -0.3 is 14.3 Å². The summed E-state index contributed by atoms with van der Waals surface area (Å²) in [4.78, 5) is 0. The number of nitrogens with one attached hydrogen (secondary N) is 1. The monoisotopic (exact) mass is 844 g/mol. The van der Waals surface area contributed by atoms with E-state index in [2.05, 4.69) is 205 Å². The molecule has 1 aliphatic heterocycles. The molecule has 4 heterocycles. The van der Waals surface area contributed by atoms with E-state index >= 15 is 0 Å². The van der Waals surface area contributed by atoms with Gasteiger partial charge in [-0.05, 0) is 104 Å². The van der Waals surface area contributed by atoms with Crippen LogP contribution < -0.4 is 16.2 Å². The van der Waals surface area contributed by atoms with Crippen molar-refractivity contribution in [2.75, 3.05) is 5.32 Å². The molecule has 1 aliphatic carbocycles. The summed E-state index contributed by atoms with van der Waals surface area (Å²) < 4.78 is 11.8. The summed E-state index contributed by atoms with van der Waals surface area (Å²) in [5.74, 6) is 0. The van der Waals surface area contributed by atoms with Crippen molar-refractivity contribution in [2.45, 2.75) is 71.6 Å². The third kappa shape index (κ3) is 5.28. The zero-order chi connectivity index (χ0) is 43.6. The first-order chi connectivity index (χ1) is 30.7. The summed E-state index contributed by atoms with van der Waals surface area (Å²) >= 11 is 1.89. The van der Waals surface area contributed by atoms with Crippen LogP contribution in [0.5, 0.6) is 0 Å². The lowest BCUT2D eigenvalue weighted by molar-refractivity contribution is 0.590. The first kappa shape index (κ1) is 38.0. The van der Waals surface area contributed by atoms with Crippen molar-refractivity contribution < 1.29 is 4.42 Å². The molecule has 0 radical (unpaired) electrons. The van der Waals surface area contributed by atoms with Crippen molar-refractivity contribution in [3.05, 3.63) is 162 Å². The number of hydrogen-bond acceptors (Lipinski definition) is 3. The summed E-state index contributed by atoms with van der Waals surface area (Å²) in [5, 5.41) is 11.6. The summed E-state index contributed by atoms with van der Waals surface area (Å²) in [6.07, 6.45) is 0. The van der Waals surface area contributed by atoms with Crippen LogP contribution in [0.15, 0.2) is 144 Å². The second-order valence-corrected chi connectivity index (χ2v) is 22.1. The predicted octanol–water partition coefficient (Wildman–Crippen LogP) is 15.1. The van der Waals surface area contributed by atoms with Crippen LogP contribution in [0.2, 0.25) is 0 Å². The fraction of sp³-hybridized carbons (Fsp3) is 0.186. The van der Waals surface area contributed by atoms with Crippen molar-refractivity contribution >= 4 is 105 Å². The van der Waals surface area contributed by atoms with Crippen LogP contribution in [-0.4, -0.2) is 11.8 Å². The van der Waals surface area contributed by atoms with E-state index in [1.165, 1.54) is 108 Å². The van der Waals surface area contributed by atoms with Gasteiger partial charge in [-0.3, -0.25) is 0 Å². The predicted molar refractivity (Wildman–Crippen MR) is 277 cm³/mol. The largest absolute Gasteiger partial charge is 0.456 e. The van der Waals surface area contributed by atoms with Crippen LogP contribution in [0.1, 0.15) is 77.6 Å². The molecule has 0 atom stereocenters. The molecule has 13 rings (SSSR count). The Morgan fingerprint density at radius 2 is 1.33 bits per heavy atom. The number of rotatable bonds is 3. The lowest BCUT2D eigenvalue weighted by atomic mass is 9.59. The molecule has 0 saturated heterocycles. The smallest absolute Gasteiger partial charge is 0.198 e. The molecule has 0 amide bonds.